The Morgan fingerprint density at radius 1 is 1.42 bits per heavy atom. The molecule has 102 valence electrons. The number of aliphatic hydroxyl groups excluding tert-OH is 1. The minimum absolute atomic E-state index is 0.525. The Labute approximate surface area is 117 Å². The topological polar surface area (TPSA) is 47.3 Å². The molecule has 0 fully saturated rings. The average molecular weight is 281 g/mol. The molecule has 0 saturated heterocycles. The van der Waals surface area contributed by atoms with Crippen molar-refractivity contribution < 1.29 is 9.84 Å². The van der Waals surface area contributed by atoms with Gasteiger partial charge in [0.15, 0.2) is 0 Å². The van der Waals surface area contributed by atoms with Crippen molar-refractivity contribution in [3.05, 3.63) is 46.7 Å². The van der Waals surface area contributed by atoms with Crippen molar-refractivity contribution in [3.8, 4) is 5.75 Å². The van der Waals surface area contributed by atoms with Crippen molar-refractivity contribution in [2.24, 2.45) is 7.05 Å². The number of aryl methyl sites for hydroxylation is 2. The molecule has 4 nitrogen and oxygen atoms in total. The Kier molecular flexibility index (Phi) is 4.45. The molecule has 1 heterocycles. The zero-order valence-electron chi connectivity index (χ0n) is 11.0. The van der Waals surface area contributed by atoms with Crippen LogP contribution in [-0.2, 0) is 13.5 Å². The fourth-order valence-corrected chi connectivity index (χ4v) is 2.39. The molecule has 0 spiro atoms. The number of aliphatic hydroxyl groups is 1. The summed E-state index contributed by atoms with van der Waals surface area (Å²) in [6.07, 6.45) is 2.39. The summed E-state index contributed by atoms with van der Waals surface area (Å²) in [5.74, 6) is 0.616. The van der Waals surface area contributed by atoms with Crippen LogP contribution >= 0.6 is 11.6 Å². The molecule has 0 aliphatic rings. The average Bonchev–Trinajstić information content (AvgIpc) is 2.81. The lowest BCUT2D eigenvalue weighted by Crippen LogP contribution is -2.05. The van der Waals surface area contributed by atoms with E-state index in [4.69, 9.17) is 16.3 Å². The highest BCUT2D eigenvalue weighted by molar-refractivity contribution is 6.31. The molecular weight excluding hydrogens is 264 g/mol. The van der Waals surface area contributed by atoms with Crippen molar-refractivity contribution in [1.29, 1.82) is 0 Å². The molecule has 0 radical (unpaired) electrons. The first-order valence-corrected chi connectivity index (χ1v) is 6.48. The van der Waals surface area contributed by atoms with Crippen LogP contribution in [0.2, 0.25) is 5.02 Å². The third-order valence-electron chi connectivity index (χ3n) is 3.16. The zero-order valence-corrected chi connectivity index (χ0v) is 11.8. The van der Waals surface area contributed by atoms with E-state index in [1.807, 2.05) is 13.1 Å². The molecule has 1 unspecified atom stereocenters. The van der Waals surface area contributed by atoms with Gasteiger partial charge in [-0.2, -0.15) is 5.10 Å². The summed E-state index contributed by atoms with van der Waals surface area (Å²) in [5.41, 5.74) is 1.72. The van der Waals surface area contributed by atoms with Gasteiger partial charge < -0.3 is 9.84 Å². The largest absolute Gasteiger partial charge is 0.496 e. The van der Waals surface area contributed by atoms with Gasteiger partial charge in [0.05, 0.1) is 18.2 Å². The normalized spacial score (nSPS) is 12.4. The summed E-state index contributed by atoms with van der Waals surface area (Å²) >= 11 is 6.14. The SMILES string of the molecule is COc1cccc(Cl)c1C(O)CCc1ccnn1C. The predicted molar refractivity (Wildman–Crippen MR) is 74.5 cm³/mol. The van der Waals surface area contributed by atoms with Gasteiger partial charge in [-0.1, -0.05) is 17.7 Å². The molecule has 19 heavy (non-hydrogen) atoms. The number of hydrogen-bond donors (Lipinski definition) is 1. The lowest BCUT2D eigenvalue weighted by Gasteiger charge is -2.16. The molecule has 0 saturated carbocycles. The predicted octanol–water partition coefficient (Wildman–Crippen LogP) is 2.75. The maximum atomic E-state index is 10.3. The van der Waals surface area contributed by atoms with E-state index in [9.17, 15) is 5.11 Å². The fourth-order valence-electron chi connectivity index (χ4n) is 2.09. The van der Waals surface area contributed by atoms with E-state index in [1.165, 1.54) is 0 Å². The summed E-state index contributed by atoms with van der Waals surface area (Å²) in [5, 5.41) is 14.9. The molecule has 2 rings (SSSR count). The Hall–Kier alpha value is -1.52. The van der Waals surface area contributed by atoms with Crippen LogP contribution in [0.3, 0.4) is 0 Å². The highest BCUT2D eigenvalue weighted by Crippen LogP contribution is 2.34. The first kappa shape index (κ1) is 13.9. The number of methoxy groups -OCH3 is 1. The number of halogens is 1. The third kappa shape index (κ3) is 3.08. The molecule has 1 aromatic carbocycles. The lowest BCUT2D eigenvalue weighted by molar-refractivity contribution is 0.163. The second-order valence-electron chi connectivity index (χ2n) is 4.36. The summed E-state index contributed by atoms with van der Waals surface area (Å²) in [6.45, 7) is 0. The van der Waals surface area contributed by atoms with E-state index in [1.54, 1.807) is 36.2 Å². The number of nitrogens with zero attached hydrogens (tertiary/aromatic N) is 2. The fraction of sp³-hybridized carbons (Fsp3) is 0.357. The minimum Gasteiger partial charge on any atom is -0.496 e. The van der Waals surface area contributed by atoms with E-state index in [0.29, 0.717) is 22.8 Å². The quantitative estimate of drug-likeness (QED) is 0.916. The first-order valence-electron chi connectivity index (χ1n) is 6.11. The maximum Gasteiger partial charge on any atom is 0.126 e. The summed E-state index contributed by atoms with van der Waals surface area (Å²) in [6, 6.07) is 7.30. The van der Waals surface area contributed by atoms with Crippen LogP contribution in [0.4, 0.5) is 0 Å². The van der Waals surface area contributed by atoms with Crippen molar-refractivity contribution in [2.45, 2.75) is 18.9 Å². The van der Waals surface area contributed by atoms with E-state index >= 15 is 0 Å². The molecule has 0 aliphatic heterocycles. The van der Waals surface area contributed by atoms with Gasteiger partial charge in [-0.25, -0.2) is 0 Å². The van der Waals surface area contributed by atoms with E-state index in [2.05, 4.69) is 5.10 Å². The summed E-state index contributed by atoms with van der Waals surface area (Å²) < 4.78 is 7.05. The molecule has 0 aliphatic carbocycles. The van der Waals surface area contributed by atoms with Gasteiger partial charge in [-0.3, -0.25) is 4.68 Å². The van der Waals surface area contributed by atoms with E-state index < -0.39 is 6.10 Å². The van der Waals surface area contributed by atoms with Gasteiger partial charge in [-0.15, -0.1) is 0 Å². The smallest absolute Gasteiger partial charge is 0.126 e. The molecule has 1 aromatic heterocycles. The summed E-state index contributed by atoms with van der Waals surface area (Å²) in [4.78, 5) is 0. The molecule has 1 atom stereocenters. The van der Waals surface area contributed by atoms with Crippen LogP contribution in [0.25, 0.3) is 0 Å². The highest BCUT2D eigenvalue weighted by atomic mass is 35.5. The van der Waals surface area contributed by atoms with Crippen LogP contribution in [-0.4, -0.2) is 22.0 Å². The van der Waals surface area contributed by atoms with Gasteiger partial charge in [-0.05, 0) is 31.0 Å². The Morgan fingerprint density at radius 2 is 2.21 bits per heavy atom. The van der Waals surface area contributed by atoms with Crippen LogP contribution in [0, 0.1) is 0 Å². The summed E-state index contributed by atoms with van der Waals surface area (Å²) in [7, 11) is 3.46. The molecule has 2 aromatic rings. The minimum atomic E-state index is -0.654. The third-order valence-corrected chi connectivity index (χ3v) is 3.49. The molecule has 5 heteroatoms. The van der Waals surface area contributed by atoms with Gasteiger partial charge in [0, 0.05) is 24.5 Å². The van der Waals surface area contributed by atoms with Crippen molar-refractivity contribution in [1.82, 2.24) is 9.78 Å². The van der Waals surface area contributed by atoms with Crippen LogP contribution in [0.1, 0.15) is 23.8 Å². The molecule has 0 bridgehead atoms. The van der Waals surface area contributed by atoms with Gasteiger partial charge in [0.2, 0.25) is 0 Å². The number of aromatic nitrogens is 2. The Morgan fingerprint density at radius 3 is 2.84 bits per heavy atom. The molecule has 0 amide bonds. The van der Waals surface area contributed by atoms with E-state index in [-0.39, 0.29) is 0 Å². The van der Waals surface area contributed by atoms with Gasteiger partial charge >= 0.3 is 0 Å². The number of ether oxygens (including phenoxy) is 1. The van der Waals surface area contributed by atoms with Crippen LogP contribution in [0.5, 0.6) is 5.75 Å². The van der Waals surface area contributed by atoms with Crippen molar-refractivity contribution >= 4 is 11.6 Å². The zero-order chi connectivity index (χ0) is 13.8. The molecule has 1 N–H and O–H groups in total. The standard InChI is InChI=1S/C14H17ClN2O2/c1-17-10(8-9-16-17)6-7-12(18)14-11(15)4-3-5-13(14)19-2/h3-5,8-9,12,18H,6-7H2,1-2H3. The molecular formula is C14H17ClN2O2. The van der Waals surface area contributed by atoms with Crippen molar-refractivity contribution in [3.63, 3.8) is 0 Å². The van der Waals surface area contributed by atoms with Gasteiger partial charge in [0.1, 0.15) is 5.75 Å². The second kappa shape index (κ2) is 6.08. The van der Waals surface area contributed by atoms with Gasteiger partial charge in [0.25, 0.3) is 0 Å². The number of benzene rings is 1. The lowest BCUT2D eigenvalue weighted by atomic mass is 10.0. The maximum absolute atomic E-state index is 10.3. The second-order valence-corrected chi connectivity index (χ2v) is 4.76. The van der Waals surface area contributed by atoms with Crippen LogP contribution in [0.15, 0.2) is 30.5 Å². The Bertz CT molecular complexity index is 554. The first-order chi connectivity index (χ1) is 9.13. The number of hydrogen-bond acceptors (Lipinski definition) is 3. The highest BCUT2D eigenvalue weighted by Gasteiger charge is 2.17. The van der Waals surface area contributed by atoms with E-state index in [0.717, 1.165) is 12.1 Å². The monoisotopic (exact) mass is 280 g/mol. The number of rotatable bonds is 5. The Balaban J connectivity index is 2.12. The van der Waals surface area contributed by atoms with Crippen LogP contribution < -0.4 is 4.74 Å². The van der Waals surface area contributed by atoms with Crippen molar-refractivity contribution in [2.75, 3.05) is 7.11 Å².